The van der Waals surface area contributed by atoms with Crippen molar-refractivity contribution in [3.8, 4) is 0 Å². The fourth-order valence-corrected chi connectivity index (χ4v) is 1.89. The topological polar surface area (TPSA) is 57.8 Å². The number of benzene rings is 1. The van der Waals surface area contributed by atoms with E-state index in [1.165, 1.54) is 0 Å². The van der Waals surface area contributed by atoms with E-state index in [2.05, 4.69) is 15.5 Å². The third-order valence-electron chi connectivity index (χ3n) is 3.08. The van der Waals surface area contributed by atoms with E-state index < -0.39 is 0 Å². The number of hydrogen-bond acceptors (Lipinski definition) is 2. The van der Waals surface area contributed by atoms with E-state index in [0.29, 0.717) is 12.2 Å². The second kappa shape index (κ2) is 5.89. The van der Waals surface area contributed by atoms with Crippen LogP contribution in [0.2, 0.25) is 5.02 Å². The van der Waals surface area contributed by atoms with Crippen LogP contribution in [0.15, 0.2) is 24.3 Å². The number of aryl methyl sites for hydroxylation is 1. The summed E-state index contributed by atoms with van der Waals surface area (Å²) in [6.45, 7) is 4.35. The number of aromatic amines is 1. The first-order valence-electron chi connectivity index (χ1n) is 6.12. The Kier molecular flexibility index (Phi) is 4.22. The molecule has 0 bridgehead atoms. The van der Waals surface area contributed by atoms with Gasteiger partial charge in [0, 0.05) is 22.8 Å². The molecule has 2 rings (SSSR count). The maximum absolute atomic E-state index is 11.9. The first kappa shape index (κ1) is 13.6. The molecule has 0 spiro atoms. The molecule has 2 N–H and O–H groups in total. The number of rotatable bonds is 4. The molecule has 0 aliphatic heterocycles. The minimum Gasteiger partial charge on any atom is -0.350 e. The summed E-state index contributed by atoms with van der Waals surface area (Å²) in [5.41, 5.74) is 3.42. The van der Waals surface area contributed by atoms with Crippen LogP contribution in [0, 0.1) is 13.8 Å². The van der Waals surface area contributed by atoms with Crippen molar-refractivity contribution in [1.29, 1.82) is 0 Å². The van der Waals surface area contributed by atoms with Gasteiger partial charge in [0.2, 0.25) is 0 Å². The normalized spacial score (nSPS) is 10.5. The average molecular weight is 278 g/mol. The summed E-state index contributed by atoms with van der Waals surface area (Å²) in [5, 5.41) is 10.4. The molecule has 0 fully saturated rings. The van der Waals surface area contributed by atoms with Gasteiger partial charge in [0.1, 0.15) is 0 Å². The van der Waals surface area contributed by atoms with Crippen LogP contribution in [0.5, 0.6) is 0 Å². The van der Waals surface area contributed by atoms with Crippen molar-refractivity contribution in [3.63, 3.8) is 0 Å². The molecule has 0 aliphatic carbocycles. The number of H-pyrrole nitrogens is 1. The lowest BCUT2D eigenvalue weighted by atomic mass is 10.1. The Morgan fingerprint density at radius 2 is 2.00 bits per heavy atom. The highest BCUT2D eigenvalue weighted by atomic mass is 35.5. The summed E-state index contributed by atoms with van der Waals surface area (Å²) in [4.78, 5) is 11.9. The van der Waals surface area contributed by atoms with Crippen LogP contribution in [0.3, 0.4) is 0 Å². The Bertz CT molecular complexity index is 575. The summed E-state index contributed by atoms with van der Waals surface area (Å²) >= 11 is 5.81. The van der Waals surface area contributed by atoms with Gasteiger partial charge in [-0.25, -0.2) is 0 Å². The highest BCUT2D eigenvalue weighted by molar-refractivity contribution is 6.30. The number of carbonyl (C=O) groups excluding carboxylic acids is 1. The van der Waals surface area contributed by atoms with Crippen LogP contribution in [-0.4, -0.2) is 22.6 Å². The first-order valence-corrected chi connectivity index (χ1v) is 6.50. The van der Waals surface area contributed by atoms with Crippen LogP contribution >= 0.6 is 11.6 Å². The molecular weight excluding hydrogens is 262 g/mol. The largest absolute Gasteiger partial charge is 0.350 e. The zero-order valence-electron chi connectivity index (χ0n) is 11.0. The lowest BCUT2D eigenvalue weighted by Crippen LogP contribution is -2.26. The fraction of sp³-hybridized carbons (Fsp3) is 0.286. The predicted molar refractivity (Wildman–Crippen MR) is 75.6 cm³/mol. The Morgan fingerprint density at radius 1 is 1.32 bits per heavy atom. The Hall–Kier alpha value is -1.81. The van der Waals surface area contributed by atoms with E-state index in [-0.39, 0.29) is 5.91 Å². The van der Waals surface area contributed by atoms with Crippen molar-refractivity contribution in [2.24, 2.45) is 0 Å². The fourth-order valence-electron chi connectivity index (χ4n) is 1.76. The standard InChI is InChI=1S/C14H16ClN3O/c1-9-10(2)17-18-13(9)14(19)16-8-7-11-3-5-12(15)6-4-11/h3-6H,7-8H2,1-2H3,(H,16,19)(H,17,18). The van der Waals surface area contributed by atoms with Crippen molar-refractivity contribution >= 4 is 17.5 Å². The summed E-state index contributed by atoms with van der Waals surface area (Å²) < 4.78 is 0. The molecule has 0 aliphatic rings. The lowest BCUT2D eigenvalue weighted by Gasteiger charge is -2.04. The quantitative estimate of drug-likeness (QED) is 0.903. The van der Waals surface area contributed by atoms with Crippen molar-refractivity contribution in [3.05, 3.63) is 51.8 Å². The zero-order chi connectivity index (χ0) is 13.8. The van der Waals surface area contributed by atoms with E-state index in [9.17, 15) is 4.79 Å². The van der Waals surface area contributed by atoms with E-state index in [4.69, 9.17) is 11.6 Å². The molecule has 1 heterocycles. The number of hydrogen-bond donors (Lipinski definition) is 2. The number of carbonyl (C=O) groups is 1. The molecule has 4 nitrogen and oxygen atoms in total. The minimum atomic E-state index is -0.143. The van der Waals surface area contributed by atoms with Gasteiger partial charge in [0.05, 0.1) is 0 Å². The van der Waals surface area contributed by atoms with E-state index in [0.717, 1.165) is 28.3 Å². The average Bonchev–Trinajstić information content (AvgIpc) is 2.72. The highest BCUT2D eigenvalue weighted by Crippen LogP contribution is 2.10. The maximum Gasteiger partial charge on any atom is 0.272 e. The monoisotopic (exact) mass is 277 g/mol. The molecule has 0 saturated carbocycles. The van der Waals surface area contributed by atoms with Crippen molar-refractivity contribution < 1.29 is 4.79 Å². The molecule has 0 radical (unpaired) electrons. The maximum atomic E-state index is 11.9. The van der Waals surface area contributed by atoms with Crippen LogP contribution in [0.4, 0.5) is 0 Å². The van der Waals surface area contributed by atoms with Crippen molar-refractivity contribution in [1.82, 2.24) is 15.5 Å². The molecule has 1 aromatic carbocycles. The number of nitrogens with one attached hydrogen (secondary N) is 2. The predicted octanol–water partition coefficient (Wildman–Crippen LogP) is 2.65. The Morgan fingerprint density at radius 3 is 2.58 bits per heavy atom. The smallest absolute Gasteiger partial charge is 0.272 e. The summed E-state index contributed by atoms with van der Waals surface area (Å²) in [5.74, 6) is -0.143. The molecule has 2 aromatic rings. The number of amides is 1. The minimum absolute atomic E-state index is 0.143. The van der Waals surface area contributed by atoms with Crippen LogP contribution in [-0.2, 0) is 6.42 Å². The van der Waals surface area contributed by atoms with Crippen LogP contribution < -0.4 is 5.32 Å². The zero-order valence-corrected chi connectivity index (χ0v) is 11.7. The summed E-state index contributed by atoms with van der Waals surface area (Å²) in [6, 6.07) is 7.61. The van der Waals surface area contributed by atoms with E-state index in [1.54, 1.807) is 0 Å². The number of nitrogens with zero attached hydrogens (tertiary/aromatic N) is 1. The summed E-state index contributed by atoms with van der Waals surface area (Å²) in [7, 11) is 0. The van der Waals surface area contributed by atoms with Crippen molar-refractivity contribution in [2.45, 2.75) is 20.3 Å². The molecule has 1 aromatic heterocycles. The molecule has 5 heteroatoms. The second-order valence-electron chi connectivity index (χ2n) is 4.45. The van der Waals surface area contributed by atoms with E-state index in [1.807, 2.05) is 38.1 Å². The van der Waals surface area contributed by atoms with Gasteiger partial charge in [0.15, 0.2) is 5.69 Å². The van der Waals surface area contributed by atoms with Gasteiger partial charge >= 0.3 is 0 Å². The van der Waals surface area contributed by atoms with Gasteiger partial charge in [-0.05, 0) is 38.0 Å². The molecule has 0 saturated heterocycles. The second-order valence-corrected chi connectivity index (χ2v) is 4.89. The Labute approximate surface area is 117 Å². The van der Waals surface area contributed by atoms with Gasteiger partial charge < -0.3 is 5.32 Å². The van der Waals surface area contributed by atoms with Gasteiger partial charge in [-0.3, -0.25) is 9.89 Å². The highest BCUT2D eigenvalue weighted by Gasteiger charge is 2.13. The molecule has 1 amide bonds. The first-order chi connectivity index (χ1) is 9.08. The third-order valence-corrected chi connectivity index (χ3v) is 3.33. The summed E-state index contributed by atoms with van der Waals surface area (Å²) in [6.07, 6.45) is 0.769. The van der Waals surface area contributed by atoms with Gasteiger partial charge in [-0.2, -0.15) is 5.10 Å². The number of halogens is 1. The number of aromatic nitrogens is 2. The van der Waals surface area contributed by atoms with Crippen LogP contribution in [0.1, 0.15) is 27.3 Å². The van der Waals surface area contributed by atoms with Crippen LogP contribution in [0.25, 0.3) is 0 Å². The Balaban J connectivity index is 1.87. The lowest BCUT2D eigenvalue weighted by molar-refractivity contribution is 0.0948. The van der Waals surface area contributed by atoms with Crippen molar-refractivity contribution in [2.75, 3.05) is 6.54 Å². The molecule has 100 valence electrons. The molecule has 19 heavy (non-hydrogen) atoms. The van der Waals surface area contributed by atoms with E-state index >= 15 is 0 Å². The SMILES string of the molecule is Cc1[nH]nc(C(=O)NCCc2ccc(Cl)cc2)c1C. The molecular formula is C14H16ClN3O. The molecule has 0 unspecified atom stereocenters. The molecule has 0 atom stereocenters. The van der Waals surface area contributed by atoms with Gasteiger partial charge in [0.25, 0.3) is 5.91 Å². The third kappa shape index (κ3) is 3.35. The van der Waals surface area contributed by atoms with Gasteiger partial charge in [-0.1, -0.05) is 23.7 Å². The van der Waals surface area contributed by atoms with Gasteiger partial charge in [-0.15, -0.1) is 0 Å².